The molecule has 5 heteroatoms. The average Bonchev–Trinajstić information content (AvgIpc) is 2.50. The maximum atomic E-state index is 13.1. The van der Waals surface area contributed by atoms with Crippen molar-refractivity contribution in [3.63, 3.8) is 0 Å². The van der Waals surface area contributed by atoms with Crippen molar-refractivity contribution in [3.8, 4) is 11.5 Å². The van der Waals surface area contributed by atoms with Gasteiger partial charge in [0.05, 0.1) is 25.3 Å². The molecule has 22 heavy (non-hydrogen) atoms. The quantitative estimate of drug-likeness (QED) is 0.638. The van der Waals surface area contributed by atoms with E-state index in [1.165, 1.54) is 0 Å². The van der Waals surface area contributed by atoms with Gasteiger partial charge in [-0.15, -0.1) is 0 Å². The van der Waals surface area contributed by atoms with Gasteiger partial charge in [-0.3, -0.25) is 4.79 Å². The molecule has 0 aliphatic heterocycles. The minimum atomic E-state index is -0.153. The Kier molecular flexibility index (Phi) is 5.29. The molecule has 2 rings (SSSR count). The van der Waals surface area contributed by atoms with Gasteiger partial charge in [-0.2, -0.15) is 0 Å². The summed E-state index contributed by atoms with van der Waals surface area (Å²) in [7, 11) is 3.13. The second-order valence-electron chi connectivity index (χ2n) is 4.87. The third-order valence-electron chi connectivity index (χ3n) is 3.47. The van der Waals surface area contributed by atoms with Crippen LogP contribution in [-0.4, -0.2) is 20.0 Å². The number of benzene rings is 2. The molecule has 0 aliphatic rings. The molecule has 0 aliphatic carbocycles. The van der Waals surface area contributed by atoms with Gasteiger partial charge in [-0.25, -0.2) is 0 Å². The molecule has 0 unspecified atom stereocenters. The van der Waals surface area contributed by atoms with Crippen LogP contribution in [0.25, 0.3) is 0 Å². The predicted molar refractivity (Wildman–Crippen MR) is 94.3 cm³/mol. The van der Waals surface area contributed by atoms with Crippen molar-refractivity contribution < 1.29 is 14.3 Å². The van der Waals surface area contributed by atoms with Crippen molar-refractivity contribution in [2.24, 2.45) is 0 Å². The Labute approximate surface area is 146 Å². The van der Waals surface area contributed by atoms with E-state index in [9.17, 15) is 4.79 Å². The lowest BCUT2D eigenvalue weighted by Gasteiger charge is -2.16. The molecule has 0 N–H and O–H groups in total. The Morgan fingerprint density at radius 3 is 1.50 bits per heavy atom. The summed E-state index contributed by atoms with van der Waals surface area (Å²) in [6.07, 6.45) is 0. The van der Waals surface area contributed by atoms with Crippen LogP contribution < -0.4 is 9.47 Å². The molecule has 0 saturated carbocycles. The van der Waals surface area contributed by atoms with E-state index in [1.54, 1.807) is 14.2 Å². The highest BCUT2D eigenvalue weighted by atomic mass is 79.9. The fourth-order valence-electron chi connectivity index (χ4n) is 2.40. The van der Waals surface area contributed by atoms with Crippen molar-refractivity contribution in [1.82, 2.24) is 0 Å². The van der Waals surface area contributed by atoms with Gasteiger partial charge in [0.25, 0.3) is 0 Å². The Morgan fingerprint density at radius 2 is 1.18 bits per heavy atom. The van der Waals surface area contributed by atoms with E-state index in [1.807, 2.05) is 38.1 Å². The number of ether oxygens (including phenoxy) is 2. The van der Waals surface area contributed by atoms with E-state index in [0.29, 0.717) is 31.6 Å². The van der Waals surface area contributed by atoms with Gasteiger partial charge in [-0.1, -0.05) is 12.1 Å². The number of rotatable bonds is 4. The Balaban J connectivity index is 2.74. The van der Waals surface area contributed by atoms with Crippen molar-refractivity contribution in [3.05, 3.63) is 55.5 Å². The largest absolute Gasteiger partial charge is 0.496 e. The second kappa shape index (κ2) is 6.84. The van der Waals surface area contributed by atoms with Gasteiger partial charge < -0.3 is 9.47 Å². The molecule has 0 fully saturated rings. The average molecular weight is 428 g/mol. The Bertz CT molecular complexity index is 678. The standard InChI is InChI=1S/C17H16Br2O3/c1-9-5-7-11(18)13(16(9)21-3)15(20)14-12(19)8-6-10(2)17(14)22-4/h5-8H,1-4H3. The van der Waals surface area contributed by atoms with Crippen molar-refractivity contribution in [2.75, 3.05) is 14.2 Å². The van der Waals surface area contributed by atoms with Crippen LogP contribution in [0, 0.1) is 13.8 Å². The Morgan fingerprint density at radius 1 is 0.818 bits per heavy atom. The number of carbonyl (C=O) groups excluding carboxylic acids is 1. The van der Waals surface area contributed by atoms with E-state index in [4.69, 9.17) is 9.47 Å². The lowest BCUT2D eigenvalue weighted by atomic mass is 9.98. The maximum absolute atomic E-state index is 13.1. The van der Waals surface area contributed by atoms with Crippen molar-refractivity contribution >= 4 is 37.6 Å². The molecule has 0 atom stereocenters. The summed E-state index contributed by atoms with van der Waals surface area (Å²) < 4.78 is 12.3. The summed E-state index contributed by atoms with van der Waals surface area (Å²) in [6, 6.07) is 7.51. The van der Waals surface area contributed by atoms with Crippen LogP contribution in [0.15, 0.2) is 33.2 Å². The smallest absolute Gasteiger partial charge is 0.202 e. The molecule has 3 nitrogen and oxygen atoms in total. The fraction of sp³-hybridized carbons (Fsp3) is 0.235. The Hall–Kier alpha value is -1.33. The van der Waals surface area contributed by atoms with Gasteiger partial charge in [0, 0.05) is 8.95 Å². The summed E-state index contributed by atoms with van der Waals surface area (Å²) in [5.41, 5.74) is 2.78. The number of hydrogen-bond donors (Lipinski definition) is 0. The lowest BCUT2D eigenvalue weighted by molar-refractivity contribution is 0.103. The SMILES string of the molecule is COc1c(C)ccc(Br)c1C(=O)c1c(Br)ccc(C)c1OC. The summed E-state index contributed by atoms with van der Waals surface area (Å²) >= 11 is 6.91. The van der Waals surface area contributed by atoms with Crippen molar-refractivity contribution in [2.45, 2.75) is 13.8 Å². The number of aryl methyl sites for hydroxylation is 2. The molecular formula is C17H16Br2O3. The molecule has 0 heterocycles. The molecule has 0 bridgehead atoms. The van der Waals surface area contributed by atoms with Crippen LogP contribution in [0.2, 0.25) is 0 Å². The third kappa shape index (κ3) is 2.92. The van der Waals surface area contributed by atoms with E-state index in [-0.39, 0.29) is 5.78 Å². The minimum Gasteiger partial charge on any atom is -0.496 e. The summed E-state index contributed by atoms with van der Waals surface area (Å²) in [4.78, 5) is 13.1. The predicted octanol–water partition coefficient (Wildman–Crippen LogP) is 5.08. The molecule has 2 aromatic carbocycles. The van der Waals surface area contributed by atoms with Gasteiger partial charge in [0.15, 0.2) is 0 Å². The van der Waals surface area contributed by atoms with Crippen LogP contribution in [-0.2, 0) is 0 Å². The minimum absolute atomic E-state index is 0.153. The van der Waals surface area contributed by atoms with E-state index >= 15 is 0 Å². The van der Waals surface area contributed by atoms with Crippen LogP contribution in [0.5, 0.6) is 11.5 Å². The molecule has 0 amide bonds. The number of halogens is 2. The van der Waals surface area contributed by atoms with Gasteiger partial charge in [0.1, 0.15) is 11.5 Å². The van der Waals surface area contributed by atoms with E-state index in [2.05, 4.69) is 31.9 Å². The van der Waals surface area contributed by atoms with Crippen LogP contribution in [0.3, 0.4) is 0 Å². The zero-order valence-electron chi connectivity index (χ0n) is 12.8. The van der Waals surface area contributed by atoms with Gasteiger partial charge in [0.2, 0.25) is 5.78 Å². The first-order valence-electron chi connectivity index (χ1n) is 6.63. The summed E-state index contributed by atoms with van der Waals surface area (Å²) in [6.45, 7) is 3.81. The number of hydrogen-bond acceptors (Lipinski definition) is 3. The van der Waals surface area contributed by atoms with E-state index < -0.39 is 0 Å². The van der Waals surface area contributed by atoms with Gasteiger partial charge in [-0.05, 0) is 69.0 Å². The van der Waals surface area contributed by atoms with Gasteiger partial charge >= 0.3 is 0 Å². The molecule has 0 spiro atoms. The van der Waals surface area contributed by atoms with Crippen molar-refractivity contribution in [1.29, 1.82) is 0 Å². The zero-order valence-corrected chi connectivity index (χ0v) is 16.0. The molecule has 0 radical (unpaired) electrons. The molecule has 2 aromatic rings. The molecular weight excluding hydrogens is 412 g/mol. The second-order valence-corrected chi connectivity index (χ2v) is 6.58. The van der Waals surface area contributed by atoms with Crippen LogP contribution in [0.1, 0.15) is 27.0 Å². The number of ketones is 1. The molecule has 0 aromatic heterocycles. The normalized spacial score (nSPS) is 10.5. The topological polar surface area (TPSA) is 35.5 Å². The first-order valence-corrected chi connectivity index (χ1v) is 8.21. The van der Waals surface area contributed by atoms with E-state index in [0.717, 1.165) is 11.1 Å². The fourth-order valence-corrected chi connectivity index (χ4v) is 3.38. The highest BCUT2D eigenvalue weighted by Crippen LogP contribution is 2.38. The molecule has 116 valence electrons. The summed E-state index contributed by atoms with van der Waals surface area (Å²) in [5, 5.41) is 0. The van der Waals surface area contributed by atoms with Crippen LogP contribution >= 0.6 is 31.9 Å². The lowest BCUT2D eigenvalue weighted by Crippen LogP contribution is -2.09. The highest BCUT2D eigenvalue weighted by molar-refractivity contribution is 9.11. The monoisotopic (exact) mass is 426 g/mol. The molecule has 0 saturated heterocycles. The summed E-state index contributed by atoms with van der Waals surface area (Å²) in [5.74, 6) is 0.976. The third-order valence-corrected chi connectivity index (χ3v) is 4.79. The first-order chi connectivity index (χ1) is 10.4. The highest BCUT2D eigenvalue weighted by Gasteiger charge is 2.25. The maximum Gasteiger partial charge on any atom is 0.202 e. The number of carbonyl (C=O) groups is 1. The first kappa shape index (κ1) is 17.0. The number of methoxy groups -OCH3 is 2. The van der Waals surface area contributed by atoms with Crippen LogP contribution in [0.4, 0.5) is 0 Å². The zero-order chi connectivity index (χ0) is 16.4.